The van der Waals surface area contributed by atoms with E-state index in [1.54, 1.807) is 0 Å². The molecular formula is C20H39N9O7. The number of hydrogen-bond donors (Lipinski definition) is 10. The van der Waals surface area contributed by atoms with Crippen molar-refractivity contribution in [3.63, 3.8) is 0 Å². The Labute approximate surface area is 208 Å². The van der Waals surface area contributed by atoms with Crippen molar-refractivity contribution < 1.29 is 34.2 Å². The van der Waals surface area contributed by atoms with Crippen LogP contribution in [0, 0.1) is 0 Å². The third-order valence-corrected chi connectivity index (χ3v) is 4.97. The van der Waals surface area contributed by atoms with Crippen LogP contribution in [0.5, 0.6) is 0 Å². The van der Waals surface area contributed by atoms with Gasteiger partial charge in [-0.05, 0) is 39.2 Å². The van der Waals surface area contributed by atoms with E-state index in [2.05, 4.69) is 15.6 Å². The SMILES string of the molecule is CC(O)C(NC(=O)C(CC(N)=O)NC(=O)C(CCCN=C(N)N)NC(=O)C(N)CCCCN)C(=O)O. The molecule has 0 fully saturated rings. The summed E-state index contributed by atoms with van der Waals surface area (Å²) in [6.07, 6.45) is -0.252. The quantitative estimate of drug-likeness (QED) is 0.0467. The van der Waals surface area contributed by atoms with Crippen LogP contribution < -0.4 is 44.6 Å². The van der Waals surface area contributed by atoms with E-state index in [0.717, 1.165) is 6.92 Å². The summed E-state index contributed by atoms with van der Waals surface area (Å²) in [6.45, 7) is 1.72. The molecule has 0 saturated heterocycles. The molecule has 0 heterocycles. The second kappa shape index (κ2) is 17.0. The molecule has 0 aliphatic rings. The number of primary amides is 1. The molecule has 16 heteroatoms. The fraction of sp³-hybridized carbons (Fsp3) is 0.700. The summed E-state index contributed by atoms with van der Waals surface area (Å²) < 4.78 is 0. The number of hydrogen-bond acceptors (Lipinski definition) is 9. The number of nitrogens with two attached hydrogens (primary N) is 5. The standard InChI is InChI=1S/C20H39N9O7/c1-10(30)15(19(35)36)29-18(34)13(9-14(23)31)28-17(33)12(6-4-8-26-20(24)25)27-16(32)11(22)5-2-3-7-21/h10-13,15,30H,2-9,21-22H2,1H3,(H2,23,31)(H,27,32)(H,28,33)(H,29,34)(H,35,36)(H4,24,25,26). The minimum absolute atomic E-state index is 0.0419. The Morgan fingerprint density at radius 3 is 1.94 bits per heavy atom. The Hall–Kier alpha value is -3.50. The number of amides is 4. The largest absolute Gasteiger partial charge is 0.480 e. The summed E-state index contributed by atoms with van der Waals surface area (Å²) >= 11 is 0. The molecule has 0 aromatic rings. The van der Waals surface area contributed by atoms with Gasteiger partial charge >= 0.3 is 5.97 Å². The number of carbonyl (C=O) groups excluding carboxylic acids is 4. The lowest BCUT2D eigenvalue weighted by molar-refractivity contribution is -0.145. The minimum Gasteiger partial charge on any atom is -0.480 e. The molecule has 16 nitrogen and oxygen atoms in total. The molecule has 4 amide bonds. The molecule has 206 valence electrons. The first kappa shape index (κ1) is 32.5. The maximum Gasteiger partial charge on any atom is 0.328 e. The van der Waals surface area contributed by atoms with E-state index in [1.165, 1.54) is 0 Å². The van der Waals surface area contributed by atoms with Crippen molar-refractivity contribution in [2.75, 3.05) is 13.1 Å². The number of carboxylic acids is 1. The third-order valence-electron chi connectivity index (χ3n) is 4.97. The van der Waals surface area contributed by atoms with Gasteiger partial charge in [0.2, 0.25) is 23.6 Å². The lowest BCUT2D eigenvalue weighted by Gasteiger charge is -2.25. The highest BCUT2D eigenvalue weighted by atomic mass is 16.4. The molecule has 0 saturated carbocycles. The van der Waals surface area contributed by atoms with Crippen LogP contribution in [0.25, 0.3) is 0 Å². The van der Waals surface area contributed by atoms with Crippen LogP contribution >= 0.6 is 0 Å². The van der Waals surface area contributed by atoms with Crippen molar-refractivity contribution in [2.24, 2.45) is 33.7 Å². The summed E-state index contributed by atoms with van der Waals surface area (Å²) in [4.78, 5) is 64.7. The van der Waals surface area contributed by atoms with Gasteiger partial charge in [-0.3, -0.25) is 24.2 Å². The van der Waals surface area contributed by atoms with Gasteiger partial charge in [0.15, 0.2) is 12.0 Å². The average molecular weight is 518 g/mol. The van der Waals surface area contributed by atoms with Crippen molar-refractivity contribution in [3.8, 4) is 0 Å². The fourth-order valence-corrected chi connectivity index (χ4v) is 3.02. The van der Waals surface area contributed by atoms with E-state index < -0.39 is 66.3 Å². The molecule has 0 bridgehead atoms. The number of aliphatic hydroxyl groups is 1. The van der Waals surface area contributed by atoms with Crippen molar-refractivity contribution in [2.45, 2.75) is 75.7 Å². The van der Waals surface area contributed by atoms with Crippen LogP contribution in [0.3, 0.4) is 0 Å². The summed E-state index contributed by atoms with van der Waals surface area (Å²) in [5.41, 5.74) is 27.0. The smallest absolute Gasteiger partial charge is 0.328 e. The highest BCUT2D eigenvalue weighted by molar-refractivity contribution is 5.96. The van der Waals surface area contributed by atoms with Gasteiger partial charge in [0.1, 0.15) is 12.1 Å². The number of rotatable bonds is 18. The van der Waals surface area contributed by atoms with Gasteiger partial charge in [0.25, 0.3) is 0 Å². The van der Waals surface area contributed by atoms with Gasteiger partial charge in [-0.1, -0.05) is 6.42 Å². The highest BCUT2D eigenvalue weighted by Crippen LogP contribution is 2.05. The van der Waals surface area contributed by atoms with Gasteiger partial charge in [-0.25, -0.2) is 4.79 Å². The van der Waals surface area contributed by atoms with Crippen LogP contribution in [-0.4, -0.2) is 89.1 Å². The van der Waals surface area contributed by atoms with Gasteiger partial charge in [-0.2, -0.15) is 0 Å². The molecular weight excluding hydrogens is 478 g/mol. The van der Waals surface area contributed by atoms with Gasteiger partial charge in [-0.15, -0.1) is 0 Å². The molecule has 0 spiro atoms. The second-order valence-corrected chi connectivity index (χ2v) is 8.20. The molecule has 0 aromatic heterocycles. The Bertz CT molecular complexity index is 787. The van der Waals surface area contributed by atoms with Crippen molar-refractivity contribution in [1.29, 1.82) is 0 Å². The summed E-state index contributed by atoms with van der Waals surface area (Å²) in [5.74, 6) is -5.20. The van der Waals surface area contributed by atoms with Crippen molar-refractivity contribution >= 4 is 35.6 Å². The molecule has 0 radical (unpaired) electrons. The predicted molar refractivity (Wildman–Crippen MR) is 130 cm³/mol. The Morgan fingerprint density at radius 2 is 1.44 bits per heavy atom. The van der Waals surface area contributed by atoms with E-state index in [1.807, 2.05) is 5.32 Å². The Kier molecular flexibility index (Phi) is 15.4. The van der Waals surface area contributed by atoms with E-state index >= 15 is 0 Å². The van der Waals surface area contributed by atoms with E-state index in [-0.39, 0.29) is 25.3 Å². The topological polar surface area (TPSA) is 304 Å². The molecule has 5 unspecified atom stereocenters. The van der Waals surface area contributed by atoms with Crippen molar-refractivity contribution in [3.05, 3.63) is 0 Å². The minimum atomic E-state index is -1.70. The number of aliphatic hydroxyl groups excluding tert-OH is 1. The zero-order valence-corrected chi connectivity index (χ0v) is 20.3. The monoisotopic (exact) mass is 517 g/mol. The molecule has 5 atom stereocenters. The summed E-state index contributed by atoms with van der Waals surface area (Å²) in [6, 6.07) is -5.39. The number of carbonyl (C=O) groups is 5. The third kappa shape index (κ3) is 13.4. The fourth-order valence-electron chi connectivity index (χ4n) is 3.02. The maximum atomic E-state index is 13.0. The van der Waals surface area contributed by atoms with Crippen LogP contribution in [0.1, 0.15) is 45.4 Å². The van der Waals surface area contributed by atoms with Crippen molar-refractivity contribution in [1.82, 2.24) is 16.0 Å². The maximum absolute atomic E-state index is 13.0. The van der Waals surface area contributed by atoms with E-state index in [4.69, 9.17) is 33.8 Å². The molecule has 15 N–H and O–H groups in total. The van der Waals surface area contributed by atoms with Crippen LogP contribution in [0.4, 0.5) is 0 Å². The van der Waals surface area contributed by atoms with E-state index in [0.29, 0.717) is 25.8 Å². The van der Waals surface area contributed by atoms with Gasteiger partial charge in [0.05, 0.1) is 18.6 Å². The summed E-state index contributed by atoms with van der Waals surface area (Å²) in [5, 5.41) is 25.6. The first-order valence-corrected chi connectivity index (χ1v) is 11.4. The number of unbranched alkanes of at least 4 members (excludes halogenated alkanes) is 1. The lowest BCUT2D eigenvalue weighted by atomic mass is 10.1. The summed E-state index contributed by atoms with van der Waals surface area (Å²) in [7, 11) is 0. The number of guanidine groups is 1. The zero-order valence-electron chi connectivity index (χ0n) is 20.3. The van der Waals surface area contributed by atoms with Crippen LogP contribution in [0.2, 0.25) is 0 Å². The zero-order chi connectivity index (χ0) is 27.8. The molecule has 0 aliphatic heterocycles. The first-order chi connectivity index (χ1) is 16.8. The molecule has 0 rings (SSSR count). The first-order valence-electron chi connectivity index (χ1n) is 11.4. The molecule has 0 aliphatic carbocycles. The number of nitrogens with one attached hydrogen (secondary N) is 3. The average Bonchev–Trinajstić information content (AvgIpc) is 2.77. The predicted octanol–water partition coefficient (Wildman–Crippen LogP) is -4.71. The number of aliphatic imine (C=N–C) groups is 1. The Morgan fingerprint density at radius 1 is 0.861 bits per heavy atom. The van der Waals surface area contributed by atoms with Crippen LogP contribution in [-0.2, 0) is 24.0 Å². The number of aliphatic carboxylic acids is 1. The van der Waals surface area contributed by atoms with Gasteiger partial charge in [0, 0.05) is 6.54 Å². The second-order valence-electron chi connectivity index (χ2n) is 8.20. The highest BCUT2D eigenvalue weighted by Gasteiger charge is 2.32. The molecule has 36 heavy (non-hydrogen) atoms. The number of carboxylic acid groups (broad SMARTS) is 1. The normalized spacial score (nSPS) is 14.9. The number of nitrogens with zero attached hydrogens (tertiary/aromatic N) is 1. The van der Waals surface area contributed by atoms with Crippen LogP contribution in [0.15, 0.2) is 4.99 Å². The van der Waals surface area contributed by atoms with Gasteiger partial charge < -0.3 is 54.8 Å². The Balaban J connectivity index is 5.57. The van der Waals surface area contributed by atoms with E-state index in [9.17, 15) is 29.1 Å². The molecule has 0 aromatic carbocycles. The lowest BCUT2D eigenvalue weighted by Crippen LogP contribution is -2.58.